The number of carbonyl (C=O) groups excluding carboxylic acids is 3. The maximum Gasteiger partial charge on any atom is 0.329 e. The fraction of sp³-hybridized carbons (Fsp3) is 0.296. The molecule has 4 amide bonds. The van der Waals surface area contributed by atoms with Crippen LogP contribution in [0, 0.1) is 0 Å². The second-order valence-electron chi connectivity index (χ2n) is 9.18. The fourth-order valence-electron chi connectivity index (χ4n) is 4.64. The van der Waals surface area contributed by atoms with Crippen molar-refractivity contribution in [1.82, 2.24) is 9.62 Å². The number of hydrogen-bond acceptors (Lipinski definition) is 7. The summed E-state index contributed by atoms with van der Waals surface area (Å²) in [6.45, 7) is 4.33. The number of nitrogens with zero attached hydrogens (tertiary/aromatic N) is 2. The third-order valence-electron chi connectivity index (χ3n) is 6.48. The first kappa shape index (κ1) is 26.6. The molecule has 5 rings (SSSR count). The Hall–Kier alpha value is -3.05. The van der Waals surface area contributed by atoms with Crippen LogP contribution >= 0.6 is 34.9 Å². The van der Waals surface area contributed by atoms with Crippen molar-refractivity contribution in [3.05, 3.63) is 70.1 Å². The summed E-state index contributed by atoms with van der Waals surface area (Å²) in [4.78, 5) is 42.1. The van der Waals surface area contributed by atoms with Gasteiger partial charge in [-0.1, -0.05) is 11.6 Å². The molecule has 0 unspecified atom stereocenters. The highest BCUT2D eigenvalue weighted by Gasteiger charge is 2.32. The van der Waals surface area contributed by atoms with Gasteiger partial charge in [0, 0.05) is 23.5 Å². The van der Waals surface area contributed by atoms with E-state index >= 15 is 0 Å². The summed E-state index contributed by atoms with van der Waals surface area (Å²) in [5, 5.41) is 6.16. The van der Waals surface area contributed by atoms with E-state index in [0.29, 0.717) is 21.3 Å². The Labute approximate surface area is 234 Å². The van der Waals surface area contributed by atoms with Gasteiger partial charge in [-0.3, -0.25) is 14.3 Å². The number of carbonyl (C=O) groups is 3. The smallest absolute Gasteiger partial charge is 0.329 e. The molecular weight excluding hydrogens is 542 g/mol. The van der Waals surface area contributed by atoms with E-state index in [0.717, 1.165) is 35.0 Å². The first-order valence-corrected chi connectivity index (χ1v) is 14.5. The number of hydrogen-bond donors (Lipinski definition) is 3. The Balaban J connectivity index is 1.16. The zero-order chi connectivity index (χ0) is 26.5. The predicted molar refractivity (Wildman–Crippen MR) is 155 cm³/mol. The number of nitrogens with one attached hydrogen (secondary N) is 3. The molecule has 1 aromatic heterocycles. The zero-order valence-electron chi connectivity index (χ0n) is 20.7. The van der Waals surface area contributed by atoms with E-state index in [2.05, 4.69) is 20.3 Å². The van der Waals surface area contributed by atoms with Gasteiger partial charge in [0.1, 0.15) is 0 Å². The molecule has 0 saturated carbocycles. The van der Waals surface area contributed by atoms with Crippen LogP contribution < -0.4 is 20.3 Å². The molecule has 3 aromatic rings. The summed E-state index contributed by atoms with van der Waals surface area (Å²) in [6.07, 6.45) is 3.79. The first-order chi connectivity index (χ1) is 18.5. The molecular formula is C27H28ClN5O3S2. The lowest BCUT2D eigenvalue weighted by molar-refractivity contribution is -0.117. The molecule has 3 heterocycles. The van der Waals surface area contributed by atoms with Crippen LogP contribution in [0.5, 0.6) is 0 Å². The molecule has 11 heteroatoms. The molecule has 0 aliphatic carbocycles. The molecule has 2 aliphatic rings. The summed E-state index contributed by atoms with van der Waals surface area (Å²) >= 11 is 8.44. The van der Waals surface area contributed by atoms with Crippen LogP contribution in [-0.4, -0.2) is 48.9 Å². The van der Waals surface area contributed by atoms with Gasteiger partial charge in [-0.05, 0) is 111 Å². The number of amides is 4. The number of thiophene rings is 1. The molecule has 3 N–H and O–H groups in total. The van der Waals surface area contributed by atoms with Gasteiger partial charge in [0.2, 0.25) is 5.91 Å². The SMILES string of the molecule is O=C(NSc1ccc(Cl)s1)Nc1ccc(N2C(=O)Cc3cc(NCCCN4CCCC4)ccc3C2=O)cc1. The Morgan fingerprint density at radius 1 is 1.00 bits per heavy atom. The van der Waals surface area contributed by atoms with Gasteiger partial charge in [0.25, 0.3) is 5.91 Å². The van der Waals surface area contributed by atoms with Crippen molar-refractivity contribution in [1.29, 1.82) is 0 Å². The zero-order valence-corrected chi connectivity index (χ0v) is 23.1. The summed E-state index contributed by atoms with van der Waals surface area (Å²) in [5.74, 6) is -0.626. The van der Waals surface area contributed by atoms with Crippen LogP contribution in [0.15, 0.2) is 58.8 Å². The molecule has 1 fully saturated rings. The van der Waals surface area contributed by atoms with Gasteiger partial charge in [-0.15, -0.1) is 11.3 Å². The van der Waals surface area contributed by atoms with E-state index in [1.165, 1.54) is 54.1 Å². The topological polar surface area (TPSA) is 93.8 Å². The van der Waals surface area contributed by atoms with Crippen molar-refractivity contribution < 1.29 is 14.4 Å². The quantitative estimate of drug-likeness (QED) is 0.170. The minimum Gasteiger partial charge on any atom is -0.385 e. The minimum atomic E-state index is -0.396. The molecule has 0 bridgehead atoms. The molecule has 198 valence electrons. The van der Waals surface area contributed by atoms with Gasteiger partial charge < -0.3 is 15.5 Å². The third kappa shape index (κ3) is 6.50. The fourth-order valence-corrected chi connectivity index (χ4v) is 6.49. The highest BCUT2D eigenvalue weighted by Crippen LogP contribution is 2.30. The summed E-state index contributed by atoms with van der Waals surface area (Å²) in [7, 11) is 0. The number of anilines is 3. The molecule has 2 aromatic carbocycles. The first-order valence-electron chi connectivity index (χ1n) is 12.5. The van der Waals surface area contributed by atoms with Crippen LogP contribution in [0.2, 0.25) is 4.34 Å². The number of halogens is 1. The number of urea groups is 1. The standard InChI is InChI=1S/C27H28ClN5O3S2/c28-23-10-11-25(37-23)38-31-27(36)30-19-4-7-21(8-5-19)33-24(34)17-18-16-20(6-9-22(18)26(33)35)29-12-3-15-32-13-1-2-14-32/h4-11,16,29H,1-3,12-15,17H2,(H2,30,31,36). The largest absolute Gasteiger partial charge is 0.385 e. The molecule has 0 radical (unpaired) electrons. The normalized spacial score (nSPS) is 15.4. The molecule has 2 aliphatic heterocycles. The highest BCUT2D eigenvalue weighted by atomic mass is 35.5. The molecule has 1 saturated heterocycles. The van der Waals surface area contributed by atoms with Gasteiger partial charge in [0.05, 0.1) is 20.7 Å². The van der Waals surface area contributed by atoms with Crippen molar-refractivity contribution in [2.45, 2.75) is 29.9 Å². The summed E-state index contributed by atoms with van der Waals surface area (Å²) < 4.78 is 4.20. The van der Waals surface area contributed by atoms with Crippen LogP contribution in [0.1, 0.15) is 35.2 Å². The molecule has 0 spiro atoms. The number of imide groups is 1. The number of fused-ring (bicyclic) bond motifs is 1. The monoisotopic (exact) mass is 569 g/mol. The van der Waals surface area contributed by atoms with Gasteiger partial charge >= 0.3 is 6.03 Å². The summed E-state index contributed by atoms with van der Waals surface area (Å²) in [5.41, 5.74) is 3.19. The minimum absolute atomic E-state index is 0.150. The third-order valence-corrected chi connectivity index (χ3v) is 8.64. The van der Waals surface area contributed by atoms with E-state index in [1.54, 1.807) is 36.4 Å². The average molecular weight is 570 g/mol. The summed E-state index contributed by atoms with van der Waals surface area (Å²) in [6, 6.07) is 15.4. The Kier molecular flexibility index (Phi) is 8.53. The number of rotatable bonds is 9. The lowest BCUT2D eigenvalue weighted by Gasteiger charge is -2.27. The van der Waals surface area contributed by atoms with Crippen LogP contribution in [0.4, 0.5) is 21.9 Å². The lowest BCUT2D eigenvalue weighted by atomic mass is 9.97. The van der Waals surface area contributed by atoms with Gasteiger partial charge in [-0.2, -0.15) is 0 Å². The molecule has 0 atom stereocenters. The molecule has 38 heavy (non-hydrogen) atoms. The molecule has 8 nitrogen and oxygen atoms in total. The van der Waals surface area contributed by atoms with Gasteiger partial charge in [-0.25, -0.2) is 9.69 Å². The van der Waals surface area contributed by atoms with Crippen molar-refractivity contribution in [2.75, 3.05) is 41.7 Å². The highest BCUT2D eigenvalue weighted by molar-refractivity contribution is 7.99. The van der Waals surface area contributed by atoms with Crippen LogP contribution in [0.25, 0.3) is 0 Å². The van der Waals surface area contributed by atoms with E-state index in [1.807, 2.05) is 18.2 Å². The van der Waals surface area contributed by atoms with E-state index in [4.69, 9.17) is 11.6 Å². The second kappa shape index (κ2) is 12.2. The maximum absolute atomic E-state index is 13.2. The predicted octanol–water partition coefficient (Wildman–Crippen LogP) is 5.86. The van der Waals surface area contributed by atoms with Crippen molar-refractivity contribution >= 4 is 69.8 Å². The number of likely N-dealkylation sites (tertiary alicyclic amines) is 1. The lowest BCUT2D eigenvalue weighted by Crippen LogP contribution is -2.42. The van der Waals surface area contributed by atoms with Crippen LogP contribution in [0.3, 0.4) is 0 Å². The maximum atomic E-state index is 13.2. The van der Waals surface area contributed by atoms with Crippen LogP contribution in [-0.2, 0) is 11.2 Å². The Morgan fingerprint density at radius 3 is 2.50 bits per heavy atom. The van der Waals surface area contributed by atoms with E-state index in [9.17, 15) is 14.4 Å². The van der Waals surface area contributed by atoms with Crippen molar-refractivity contribution in [3.8, 4) is 0 Å². The Bertz CT molecular complexity index is 1320. The Morgan fingerprint density at radius 2 is 1.76 bits per heavy atom. The van der Waals surface area contributed by atoms with Crippen molar-refractivity contribution in [2.24, 2.45) is 0 Å². The van der Waals surface area contributed by atoms with E-state index in [-0.39, 0.29) is 18.2 Å². The second-order valence-corrected chi connectivity index (χ2v) is 12.0. The average Bonchev–Trinajstić information content (AvgIpc) is 3.58. The van der Waals surface area contributed by atoms with Crippen molar-refractivity contribution in [3.63, 3.8) is 0 Å². The van der Waals surface area contributed by atoms with E-state index < -0.39 is 6.03 Å². The van der Waals surface area contributed by atoms with Gasteiger partial charge in [0.15, 0.2) is 0 Å². The number of benzene rings is 2.